The summed E-state index contributed by atoms with van der Waals surface area (Å²) in [7, 11) is 3.80. The zero-order valence-corrected chi connectivity index (χ0v) is 31.1. The van der Waals surface area contributed by atoms with Crippen molar-refractivity contribution in [3.8, 4) is 39.9 Å². The number of ether oxygens (including phenoxy) is 4. The average molecular weight is 746 g/mol. The van der Waals surface area contributed by atoms with E-state index < -0.39 is 12.2 Å². The number of benzene rings is 4. The highest BCUT2D eigenvalue weighted by Gasteiger charge is 2.45. The van der Waals surface area contributed by atoms with Gasteiger partial charge in [-0.2, -0.15) is 0 Å². The number of fused-ring (bicyclic) bond motifs is 8. The van der Waals surface area contributed by atoms with Gasteiger partial charge in [0.1, 0.15) is 36.1 Å². The first-order chi connectivity index (χ1) is 26.9. The second-order valence-electron chi connectivity index (χ2n) is 15.0. The van der Waals surface area contributed by atoms with Crippen molar-refractivity contribution in [1.29, 1.82) is 0 Å². The average Bonchev–Trinajstić information content (AvgIpc) is 3.68. The van der Waals surface area contributed by atoms with Gasteiger partial charge >= 0.3 is 0 Å². The summed E-state index contributed by atoms with van der Waals surface area (Å²) in [5.74, 6) is 2.01. The first-order valence-corrected chi connectivity index (χ1v) is 19.3. The summed E-state index contributed by atoms with van der Waals surface area (Å²) in [5.41, 5.74) is 10.3. The third-order valence-corrected chi connectivity index (χ3v) is 11.8. The Morgan fingerprint density at radius 3 is 2.56 bits per heavy atom. The summed E-state index contributed by atoms with van der Waals surface area (Å²) in [5, 5.41) is 50.5. The molecule has 11 nitrogen and oxygen atoms in total. The van der Waals surface area contributed by atoms with Crippen molar-refractivity contribution in [2.45, 2.75) is 55.8 Å². The first-order valence-electron chi connectivity index (χ1n) is 19.3. The molecule has 6 N–H and O–H groups in total. The van der Waals surface area contributed by atoms with E-state index in [1.54, 1.807) is 18.2 Å². The lowest BCUT2D eigenvalue weighted by Gasteiger charge is -2.44. The third kappa shape index (κ3) is 6.05. The molecule has 3 heterocycles. The van der Waals surface area contributed by atoms with Crippen LogP contribution < -0.4 is 35.4 Å². The molecule has 5 unspecified atom stereocenters. The molecule has 2 aliphatic carbocycles. The molecule has 0 aromatic heterocycles. The molecule has 5 atom stereocenters. The standard InChI is InChI=1S/C44H47N3O8/c1-45-20-26-16-32-35(50)10-7-28-40(32)33(39(26)24-3-8-34-23(15-24)11-12-47-34)18-30-31-19-38(53-22-46-2)42(25-4-9-36(51)37(17-25)52-14-13-48)55-43(31)29-6-5-27(21-49)54-44(29)41(28)30/h3-4,7-11,15-17,27,33,38-39,42,45-46,48-51H,5-6,12-14,18-22H2,1-2H3. The number of aliphatic hydroxyl groups is 2. The number of hydrogen-bond donors (Lipinski definition) is 6. The van der Waals surface area contributed by atoms with Crippen LogP contribution in [0, 0.1) is 0 Å². The molecule has 0 saturated carbocycles. The van der Waals surface area contributed by atoms with Gasteiger partial charge in [0.15, 0.2) is 17.6 Å². The normalized spacial score (nSPS) is 22.7. The van der Waals surface area contributed by atoms with Crippen LogP contribution in [-0.4, -0.2) is 86.4 Å². The van der Waals surface area contributed by atoms with E-state index in [9.17, 15) is 20.4 Å². The fourth-order valence-corrected chi connectivity index (χ4v) is 9.52. The molecule has 0 saturated heterocycles. The van der Waals surface area contributed by atoms with Gasteiger partial charge in [0.05, 0.1) is 31.8 Å². The van der Waals surface area contributed by atoms with Gasteiger partial charge in [-0.3, -0.25) is 10.3 Å². The third-order valence-electron chi connectivity index (χ3n) is 11.8. The molecular formula is C44H47N3O8. The van der Waals surface area contributed by atoms with E-state index in [0.717, 1.165) is 66.6 Å². The van der Waals surface area contributed by atoms with E-state index >= 15 is 0 Å². The maximum Gasteiger partial charge on any atom is 0.161 e. The molecule has 286 valence electrons. The molecule has 5 aliphatic rings. The Morgan fingerprint density at radius 1 is 0.891 bits per heavy atom. The van der Waals surface area contributed by atoms with Crippen molar-refractivity contribution in [2.24, 2.45) is 4.99 Å². The number of phenols is 2. The predicted octanol–water partition coefficient (Wildman–Crippen LogP) is 3.51. The van der Waals surface area contributed by atoms with Gasteiger partial charge in [0.25, 0.3) is 0 Å². The van der Waals surface area contributed by atoms with Gasteiger partial charge in [0, 0.05) is 41.1 Å². The maximum absolute atomic E-state index is 11.5. The molecule has 0 radical (unpaired) electrons. The Morgan fingerprint density at radius 2 is 1.75 bits per heavy atom. The Bertz CT molecular complexity index is 2320. The lowest BCUT2D eigenvalue weighted by atomic mass is 9.63. The lowest BCUT2D eigenvalue weighted by molar-refractivity contribution is -0.0436. The van der Waals surface area contributed by atoms with E-state index in [-0.39, 0.29) is 55.0 Å². The van der Waals surface area contributed by atoms with Crippen LogP contribution in [-0.2, 0) is 24.0 Å². The van der Waals surface area contributed by atoms with Gasteiger partial charge in [-0.25, -0.2) is 0 Å². The monoisotopic (exact) mass is 745 g/mol. The molecule has 0 spiro atoms. The maximum atomic E-state index is 11.5. The molecule has 4 aromatic carbocycles. The molecule has 4 aromatic rings. The number of aliphatic hydroxyl groups excluding tert-OH is 2. The predicted molar refractivity (Wildman–Crippen MR) is 208 cm³/mol. The highest BCUT2D eigenvalue weighted by molar-refractivity contribution is 5.89. The SMILES string of the molecule is CNCOC1Cc2c3c(c4c(c2OC1c1ccc(O)c(OCCO)c1)CCC(CO)O4)-c1ccc(O)c2c1C(C3)C(c1ccc3c(c1)=CCN=3)C(CNC)=C2. The molecule has 55 heavy (non-hydrogen) atoms. The minimum atomic E-state index is -0.546. The van der Waals surface area contributed by atoms with Crippen LogP contribution in [0.3, 0.4) is 0 Å². The molecule has 0 fully saturated rings. The molecule has 0 amide bonds. The number of nitrogens with zero attached hydrogens (tertiary/aromatic N) is 1. The van der Waals surface area contributed by atoms with E-state index in [4.69, 9.17) is 18.9 Å². The van der Waals surface area contributed by atoms with Gasteiger partial charge in [-0.1, -0.05) is 24.3 Å². The smallest absolute Gasteiger partial charge is 0.161 e. The van der Waals surface area contributed by atoms with Crippen LogP contribution in [0.15, 0.2) is 59.1 Å². The van der Waals surface area contributed by atoms with Gasteiger partial charge in [-0.05, 0) is 114 Å². The number of aromatic hydroxyl groups is 2. The van der Waals surface area contributed by atoms with Crippen molar-refractivity contribution in [3.05, 3.63) is 104 Å². The Hall–Kier alpha value is -4.91. The van der Waals surface area contributed by atoms with Crippen molar-refractivity contribution in [3.63, 3.8) is 0 Å². The summed E-state index contributed by atoms with van der Waals surface area (Å²) in [4.78, 5) is 4.66. The number of likely N-dealkylation sites (N-methyl/N-ethyl adjacent to an activating group) is 1. The zero-order chi connectivity index (χ0) is 37.8. The molecular weight excluding hydrogens is 698 g/mol. The fourth-order valence-electron chi connectivity index (χ4n) is 9.52. The second-order valence-corrected chi connectivity index (χ2v) is 15.0. The summed E-state index contributed by atoms with van der Waals surface area (Å²) in [6.45, 7) is 1.40. The number of hydrogen-bond acceptors (Lipinski definition) is 11. The summed E-state index contributed by atoms with van der Waals surface area (Å²) >= 11 is 0. The van der Waals surface area contributed by atoms with Crippen LogP contribution in [0.5, 0.6) is 28.7 Å². The minimum Gasteiger partial charge on any atom is -0.507 e. The van der Waals surface area contributed by atoms with Crippen molar-refractivity contribution < 1.29 is 39.4 Å². The Kier molecular flexibility index (Phi) is 9.52. The van der Waals surface area contributed by atoms with Crippen LogP contribution in [0.2, 0.25) is 0 Å². The Balaban J connectivity index is 1.25. The van der Waals surface area contributed by atoms with Gasteiger partial charge in [-0.15, -0.1) is 0 Å². The molecule has 3 aliphatic heterocycles. The second kappa shape index (κ2) is 14.6. The molecule has 0 bridgehead atoms. The molecule has 9 rings (SSSR count). The van der Waals surface area contributed by atoms with Crippen LogP contribution in [0.1, 0.15) is 63.3 Å². The first kappa shape index (κ1) is 35.8. The molecule has 11 heteroatoms. The van der Waals surface area contributed by atoms with Crippen molar-refractivity contribution in [2.75, 3.05) is 53.7 Å². The van der Waals surface area contributed by atoms with Gasteiger partial charge in [0.2, 0.25) is 0 Å². The van der Waals surface area contributed by atoms with Crippen molar-refractivity contribution >= 4 is 12.2 Å². The quantitative estimate of drug-likeness (QED) is 0.126. The van der Waals surface area contributed by atoms with Gasteiger partial charge < -0.3 is 44.7 Å². The van der Waals surface area contributed by atoms with Crippen molar-refractivity contribution in [1.82, 2.24) is 10.6 Å². The summed E-state index contributed by atoms with van der Waals surface area (Å²) in [6, 6.07) is 15.6. The van der Waals surface area contributed by atoms with E-state index in [1.165, 1.54) is 11.1 Å². The van der Waals surface area contributed by atoms with E-state index in [1.807, 2.05) is 26.2 Å². The summed E-state index contributed by atoms with van der Waals surface area (Å²) in [6.07, 6.45) is 5.56. The van der Waals surface area contributed by atoms with Crippen LogP contribution >= 0.6 is 0 Å². The lowest BCUT2D eigenvalue weighted by Crippen LogP contribution is -2.38. The highest BCUT2D eigenvalue weighted by Crippen LogP contribution is 2.60. The van der Waals surface area contributed by atoms with Crippen LogP contribution in [0.25, 0.3) is 23.3 Å². The Labute approximate surface area is 319 Å². The number of rotatable bonds is 11. The van der Waals surface area contributed by atoms with Crippen LogP contribution in [0.4, 0.5) is 0 Å². The highest BCUT2D eigenvalue weighted by atomic mass is 16.6. The van der Waals surface area contributed by atoms with E-state index in [2.05, 4.69) is 46.0 Å². The van der Waals surface area contributed by atoms with E-state index in [0.29, 0.717) is 45.5 Å². The number of phenolic OH excluding ortho intramolecular Hbond substituents is 2. The fraction of sp³-hybridized carbons (Fsp3) is 0.386. The summed E-state index contributed by atoms with van der Waals surface area (Å²) < 4.78 is 26.1. The minimum absolute atomic E-state index is 0.00792. The largest absolute Gasteiger partial charge is 0.507 e. The zero-order valence-electron chi connectivity index (χ0n) is 31.1. The number of nitrogens with one attached hydrogen (secondary N) is 2. The topological polar surface area (TPSA) is 154 Å².